The molecule has 1 N–H and O–H groups in total. The summed E-state index contributed by atoms with van der Waals surface area (Å²) in [6, 6.07) is 6.03. The van der Waals surface area contributed by atoms with Crippen molar-refractivity contribution in [1.82, 2.24) is 5.32 Å². The smallest absolute Gasteiger partial charge is 0.237 e. The van der Waals surface area contributed by atoms with Crippen molar-refractivity contribution in [3.05, 3.63) is 29.3 Å². The summed E-state index contributed by atoms with van der Waals surface area (Å²) in [4.78, 5) is 11.3. The second kappa shape index (κ2) is 6.64. The van der Waals surface area contributed by atoms with Crippen molar-refractivity contribution in [3.8, 4) is 5.75 Å². The highest BCUT2D eigenvalue weighted by Gasteiger charge is 2.11. The third-order valence-corrected chi connectivity index (χ3v) is 2.78. The number of carbonyl (C=O) groups is 1. The molecule has 0 saturated carbocycles. The fraction of sp³-hybridized carbons (Fsp3) is 0.500. The van der Waals surface area contributed by atoms with Crippen LogP contribution in [0.2, 0.25) is 0 Å². The molecule has 0 heterocycles. The van der Waals surface area contributed by atoms with Gasteiger partial charge in [0, 0.05) is 0 Å². The number of nitrogens with one attached hydrogen (secondary N) is 1. The van der Waals surface area contributed by atoms with Crippen molar-refractivity contribution in [2.24, 2.45) is 0 Å². The van der Waals surface area contributed by atoms with E-state index in [9.17, 15) is 4.79 Å². The Kier molecular flexibility index (Phi) is 5.48. The molecule has 0 aliphatic carbocycles. The van der Waals surface area contributed by atoms with Gasteiger partial charge in [-0.2, -0.15) is 0 Å². The first kappa shape index (κ1) is 14.8. The predicted molar refractivity (Wildman–Crippen MR) is 74.3 cm³/mol. The molecule has 0 radical (unpaired) electrons. The van der Waals surface area contributed by atoms with Crippen LogP contribution in [0.25, 0.3) is 0 Å². The molecule has 0 aromatic heterocycles. The number of alkyl halides is 1. The molecule has 0 spiro atoms. The monoisotopic (exact) mass is 269 g/mol. The van der Waals surface area contributed by atoms with Crippen molar-refractivity contribution >= 4 is 17.5 Å². The highest BCUT2D eigenvalue weighted by atomic mass is 35.5. The minimum absolute atomic E-state index is 0.0919. The van der Waals surface area contributed by atoms with E-state index in [0.29, 0.717) is 6.54 Å². The lowest BCUT2D eigenvalue weighted by Crippen LogP contribution is -2.37. The summed E-state index contributed by atoms with van der Waals surface area (Å²) in [5.74, 6) is 0.675. The molecular weight excluding hydrogens is 250 g/mol. The van der Waals surface area contributed by atoms with Crippen molar-refractivity contribution in [2.45, 2.75) is 39.2 Å². The summed E-state index contributed by atoms with van der Waals surface area (Å²) in [5, 5.41) is 2.22. The van der Waals surface area contributed by atoms with Gasteiger partial charge in [0.1, 0.15) is 17.2 Å². The molecule has 18 heavy (non-hydrogen) atoms. The first-order chi connectivity index (χ1) is 8.40. The fourth-order valence-electron chi connectivity index (χ4n) is 1.57. The van der Waals surface area contributed by atoms with Gasteiger partial charge in [-0.3, -0.25) is 4.79 Å². The number of ether oxygens (including phenoxy) is 1. The maximum atomic E-state index is 11.3. The van der Waals surface area contributed by atoms with Crippen LogP contribution in [0.3, 0.4) is 0 Å². The van der Waals surface area contributed by atoms with Gasteiger partial charge < -0.3 is 10.1 Å². The molecule has 0 bridgehead atoms. The summed E-state index contributed by atoms with van der Waals surface area (Å²) in [5.41, 5.74) is 2.30. The van der Waals surface area contributed by atoms with Crippen LogP contribution in [-0.4, -0.2) is 23.9 Å². The van der Waals surface area contributed by atoms with E-state index in [1.807, 2.05) is 32.9 Å². The standard InChI is InChI=1S/C14H20ClNO2/c1-9-5-6-13(10(2)7-9)18-11(3)8-16-14(17)12(4)15/h5-7,11-12H,8H2,1-4H3,(H,16,17). The molecule has 0 saturated heterocycles. The van der Waals surface area contributed by atoms with Gasteiger partial charge in [-0.1, -0.05) is 17.7 Å². The molecule has 0 fully saturated rings. The second-order valence-electron chi connectivity index (χ2n) is 4.56. The number of rotatable bonds is 5. The Hall–Kier alpha value is -1.22. The van der Waals surface area contributed by atoms with Crippen LogP contribution in [0.15, 0.2) is 18.2 Å². The summed E-state index contributed by atoms with van der Waals surface area (Å²) in [6.45, 7) is 8.06. The van der Waals surface area contributed by atoms with Crippen molar-refractivity contribution < 1.29 is 9.53 Å². The normalized spacial score (nSPS) is 13.8. The Labute approximate surface area is 113 Å². The predicted octanol–water partition coefficient (Wildman–Crippen LogP) is 2.81. The van der Waals surface area contributed by atoms with E-state index in [2.05, 4.69) is 11.4 Å². The maximum absolute atomic E-state index is 11.3. The number of benzene rings is 1. The van der Waals surface area contributed by atoms with E-state index in [-0.39, 0.29) is 12.0 Å². The van der Waals surface area contributed by atoms with Crippen LogP contribution < -0.4 is 10.1 Å². The lowest BCUT2D eigenvalue weighted by Gasteiger charge is -2.17. The summed E-state index contributed by atoms with van der Waals surface area (Å²) in [6.07, 6.45) is -0.0919. The lowest BCUT2D eigenvalue weighted by atomic mass is 10.1. The number of amides is 1. The van der Waals surface area contributed by atoms with Crippen molar-refractivity contribution in [1.29, 1.82) is 0 Å². The highest BCUT2D eigenvalue weighted by Crippen LogP contribution is 2.19. The maximum Gasteiger partial charge on any atom is 0.237 e. The minimum Gasteiger partial charge on any atom is -0.489 e. The molecule has 0 aliphatic rings. The molecule has 1 aromatic rings. The molecule has 0 aliphatic heterocycles. The molecule has 1 amide bonds. The van der Waals surface area contributed by atoms with E-state index in [1.54, 1.807) is 6.92 Å². The Morgan fingerprint density at radius 2 is 2.06 bits per heavy atom. The van der Waals surface area contributed by atoms with E-state index in [0.717, 1.165) is 11.3 Å². The Morgan fingerprint density at radius 1 is 1.39 bits per heavy atom. The number of hydrogen-bond acceptors (Lipinski definition) is 2. The van der Waals surface area contributed by atoms with E-state index in [1.165, 1.54) is 5.56 Å². The van der Waals surface area contributed by atoms with Gasteiger partial charge in [-0.05, 0) is 39.3 Å². The number of aryl methyl sites for hydroxylation is 2. The third kappa shape index (κ3) is 4.57. The second-order valence-corrected chi connectivity index (χ2v) is 5.21. The zero-order valence-corrected chi connectivity index (χ0v) is 12.0. The minimum atomic E-state index is -0.515. The lowest BCUT2D eigenvalue weighted by molar-refractivity contribution is -0.120. The number of halogens is 1. The van der Waals surface area contributed by atoms with Crippen LogP contribution in [0.5, 0.6) is 5.75 Å². The van der Waals surface area contributed by atoms with Crippen molar-refractivity contribution in [2.75, 3.05) is 6.54 Å². The van der Waals surface area contributed by atoms with Gasteiger partial charge in [0.05, 0.1) is 6.54 Å². The molecule has 100 valence electrons. The van der Waals surface area contributed by atoms with E-state index >= 15 is 0 Å². The topological polar surface area (TPSA) is 38.3 Å². The molecule has 3 nitrogen and oxygen atoms in total. The zero-order chi connectivity index (χ0) is 13.7. The molecule has 2 atom stereocenters. The van der Waals surface area contributed by atoms with Crippen LogP contribution in [0, 0.1) is 13.8 Å². The SMILES string of the molecule is Cc1ccc(OC(C)CNC(=O)C(C)Cl)c(C)c1. The molecule has 2 unspecified atom stereocenters. The van der Waals surface area contributed by atoms with Crippen LogP contribution in [0.4, 0.5) is 0 Å². The summed E-state index contributed by atoms with van der Waals surface area (Å²) < 4.78 is 5.77. The zero-order valence-electron chi connectivity index (χ0n) is 11.3. The van der Waals surface area contributed by atoms with Gasteiger partial charge in [-0.25, -0.2) is 0 Å². The Balaban J connectivity index is 2.49. The van der Waals surface area contributed by atoms with Crippen LogP contribution >= 0.6 is 11.6 Å². The Morgan fingerprint density at radius 3 is 2.61 bits per heavy atom. The quantitative estimate of drug-likeness (QED) is 0.835. The number of carbonyl (C=O) groups excluding carboxylic acids is 1. The number of hydrogen-bond donors (Lipinski definition) is 1. The van der Waals surface area contributed by atoms with Gasteiger partial charge in [0.15, 0.2) is 0 Å². The Bertz CT molecular complexity index is 418. The first-order valence-electron chi connectivity index (χ1n) is 6.06. The average molecular weight is 270 g/mol. The van der Waals surface area contributed by atoms with E-state index in [4.69, 9.17) is 16.3 Å². The van der Waals surface area contributed by atoms with Gasteiger partial charge in [0.25, 0.3) is 0 Å². The summed E-state index contributed by atoms with van der Waals surface area (Å²) >= 11 is 5.66. The van der Waals surface area contributed by atoms with E-state index < -0.39 is 5.38 Å². The molecule has 1 aromatic carbocycles. The first-order valence-corrected chi connectivity index (χ1v) is 6.49. The fourth-order valence-corrected chi connectivity index (χ4v) is 1.65. The van der Waals surface area contributed by atoms with Gasteiger partial charge in [-0.15, -0.1) is 11.6 Å². The van der Waals surface area contributed by atoms with Gasteiger partial charge in [0.2, 0.25) is 5.91 Å². The molecular formula is C14H20ClNO2. The molecule has 1 rings (SSSR count). The summed E-state index contributed by atoms with van der Waals surface area (Å²) in [7, 11) is 0. The average Bonchev–Trinajstić information content (AvgIpc) is 2.29. The van der Waals surface area contributed by atoms with Gasteiger partial charge >= 0.3 is 0 Å². The highest BCUT2D eigenvalue weighted by molar-refractivity contribution is 6.30. The van der Waals surface area contributed by atoms with Crippen LogP contribution in [-0.2, 0) is 4.79 Å². The largest absolute Gasteiger partial charge is 0.489 e. The third-order valence-electron chi connectivity index (χ3n) is 2.58. The molecule has 4 heteroatoms. The van der Waals surface area contributed by atoms with Crippen molar-refractivity contribution in [3.63, 3.8) is 0 Å². The van der Waals surface area contributed by atoms with Crippen LogP contribution in [0.1, 0.15) is 25.0 Å².